The highest BCUT2D eigenvalue weighted by Crippen LogP contribution is 2.36. The van der Waals surface area contributed by atoms with Gasteiger partial charge in [0, 0.05) is 13.0 Å². The molecule has 0 spiro atoms. The predicted octanol–water partition coefficient (Wildman–Crippen LogP) is 2.95. The number of hydrogen-bond acceptors (Lipinski definition) is 2. The van der Waals surface area contributed by atoms with E-state index in [4.69, 9.17) is 4.74 Å². The maximum atomic E-state index is 12.2. The van der Waals surface area contributed by atoms with Gasteiger partial charge in [-0.1, -0.05) is 13.8 Å². The fourth-order valence-corrected chi connectivity index (χ4v) is 2.53. The van der Waals surface area contributed by atoms with Crippen LogP contribution in [0.25, 0.3) is 0 Å². The van der Waals surface area contributed by atoms with Crippen molar-refractivity contribution in [1.29, 1.82) is 0 Å². The molecule has 0 unspecified atom stereocenters. The van der Waals surface area contributed by atoms with E-state index in [2.05, 4.69) is 13.8 Å². The van der Waals surface area contributed by atoms with E-state index in [0.29, 0.717) is 5.78 Å². The van der Waals surface area contributed by atoms with E-state index in [1.807, 2.05) is 0 Å². The van der Waals surface area contributed by atoms with Crippen LogP contribution in [0.1, 0.15) is 52.4 Å². The first kappa shape index (κ1) is 11.7. The van der Waals surface area contributed by atoms with Crippen molar-refractivity contribution >= 4 is 5.78 Å². The Morgan fingerprint density at radius 1 is 1.29 bits per heavy atom. The second kappa shape index (κ2) is 4.92. The first-order chi connectivity index (χ1) is 6.70. The van der Waals surface area contributed by atoms with Crippen LogP contribution in [0.15, 0.2) is 0 Å². The van der Waals surface area contributed by atoms with Gasteiger partial charge in [0.2, 0.25) is 0 Å². The molecule has 1 aliphatic rings. The number of ether oxygens (including phenoxy) is 1. The lowest BCUT2D eigenvalue weighted by atomic mass is 9.84. The Kier molecular flexibility index (Phi) is 4.11. The van der Waals surface area contributed by atoms with Crippen LogP contribution in [0.2, 0.25) is 0 Å². The van der Waals surface area contributed by atoms with Gasteiger partial charge in [-0.3, -0.25) is 4.79 Å². The maximum Gasteiger partial charge on any atom is 0.167 e. The van der Waals surface area contributed by atoms with Crippen molar-refractivity contribution < 1.29 is 9.53 Å². The predicted molar refractivity (Wildman–Crippen MR) is 57.3 cm³/mol. The number of carbonyl (C=O) groups excluding carboxylic acids is 1. The Labute approximate surface area is 87.0 Å². The molecule has 0 radical (unpaired) electrons. The molecule has 0 aromatic carbocycles. The van der Waals surface area contributed by atoms with Gasteiger partial charge in [0.25, 0.3) is 0 Å². The normalized spacial score (nSPS) is 20.3. The molecule has 1 rings (SSSR count). The van der Waals surface area contributed by atoms with Gasteiger partial charge in [-0.15, -0.1) is 0 Å². The van der Waals surface area contributed by atoms with Crippen LogP contribution in [0.5, 0.6) is 0 Å². The number of Topliss-reactive ketones (excluding diaryl/α,β-unsaturated/α-hetero) is 1. The molecule has 0 N–H and O–H groups in total. The van der Waals surface area contributed by atoms with Crippen LogP contribution in [0.3, 0.4) is 0 Å². The van der Waals surface area contributed by atoms with Crippen molar-refractivity contribution in [2.45, 2.75) is 58.0 Å². The number of methoxy groups -OCH3 is 1. The Morgan fingerprint density at radius 2 is 1.79 bits per heavy atom. The smallest absolute Gasteiger partial charge is 0.167 e. The van der Waals surface area contributed by atoms with Gasteiger partial charge in [0.1, 0.15) is 5.60 Å². The van der Waals surface area contributed by atoms with Crippen molar-refractivity contribution in [3.8, 4) is 0 Å². The standard InChI is InChI=1S/C12H22O2/c1-4-10(5-2)11(13)12(14-3)8-6-7-9-12/h10H,4-9H2,1-3H3. The summed E-state index contributed by atoms with van der Waals surface area (Å²) in [6, 6.07) is 0. The van der Waals surface area contributed by atoms with Crippen molar-refractivity contribution in [1.82, 2.24) is 0 Å². The zero-order valence-electron chi connectivity index (χ0n) is 9.64. The zero-order valence-corrected chi connectivity index (χ0v) is 9.64. The molecule has 0 bridgehead atoms. The van der Waals surface area contributed by atoms with Crippen LogP contribution < -0.4 is 0 Å². The third kappa shape index (κ3) is 2.00. The van der Waals surface area contributed by atoms with E-state index >= 15 is 0 Å². The van der Waals surface area contributed by atoms with Gasteiger partial charge in [-0.2, -0.15) is 0 Å². The molecule has 1 saturated carbocycles. The molecule has 0 aromatic rings. The van der Waals surface area contributed by atoms with E-state index < -0.39 is 5.60 Å². The van der Waals surface area contributed by atoms with Crippen molar-refractivity contribution in [3.63, 3.8) is 0 Å². The summed E-state index contributed by atoms with van der Waals surface area (Å²) in [4.78, 5) is 12.2. The van der Waals surface area contributed by atoms with E-state index in [1.54, 1.807) is 7.11 Å². The van der Waals surface area contributed by atoms with Gasteiger partial charge in [0.15, 0.2) is 5.78 Å². The summed E-state index contributed by atoms with van der Waals surface area (Å²) in [6.45, 7) is 4.18. The van der Waals surface area contributed by atoms with Crippen LogP contribution in [0, 0.1) is 5.92 Å². The van der Waals surface area contributed by atoms with Crippen LogP contribution >= 0.6 is 0 Å². The van der Waals surface area contributed by atoms with Gasteiger partial charge < -0.3 is 4.74 Å². The molecule has 2 heteroatoms. The average molecular weight is 198 g/mol. The quantitative estimate of drug-likeness (QED) is 0.679. The topological polar surface area (TPSA) is 26.3 Å². The summed E-state index contributed by atoms with van der Waals surface area (Å²) in [7, 11) is 1.69. The Bertz CT molecular complexity index is 188. The molecular formula is C12H22O2. The summed E-state index contributed by atoms with van der Waals surface area (Å²) in [6.07, 6.45) is 6.03. The van der Waals surface area contributed by atoms with E-state index in [1.165, 1.54) is 0 Å². The average Bonchev–Trinajstić information content (AvgIpc) is 2.69. The lowest BCUT2D eigenvalue weighted by molar-refractivity contribution is -0.145. The molecular weight excluding hydrogens is 176 g/mol. The number of rotatable bonds is 5. The Morgan fingerprint density at radius 3 is 2.14 bits per heavy atom. The molecule has 1 aliphatic carbocycles. The molecule has 82 valence electrons. The molecule has 0 aliphatic heterocycles. The molecule has 0 saturated heterocycles. The highest BCUT2D eigenvalue weighted by atomic mass is 16.5. The lowest BCUT2D eigenvalue weighted by Crippen LogP contribution is -2.41. The number of hydrogen-bond donors (Lipinski definition) is 0. The number of ketones is 1. The lowest BCUT2D eigenvalue weighted by Gasteiger charge is -2.29. The SMILES string of the molecule is CCC(CC)C(=O)C1(OC)CCCC1. The third-order valence-corrected chi connectivity index (χ3v) is 3.61. The van der Waals surface area contributed by atoms with Crippen LogP contribution in [-0.4, -0.2) is 18.5 Å². The minimum absolute atomic E-state index is 0.202. The van der Waals surface area contributed by atoms with Gasteiger partial charge >= 0.3 is 0 Å². The molecule has 14 heavy (non-hydrogen) atoms. The molecule has 0 aromatic heterocycles. The highest BCUT2D eigenvalue weighted by molar-refractivity contribution is 5.89. The van der Waals surface area contributed by atoms with Gasteiger partial charge in [-0.25, -0.2) is 0 Å². The van der Waals surface area contributed by atoms with Crippen molar-refractivity contribution in [3.05, 3.63) is 0 Å². The second-order valence-corrected chi connectivity index (χ2v) is 4.28. The molecule has 0 atom stereocenters. The first-order valence-electron chi connectivity index (χ1n) is 5.79. The minimum atomic E-state index is -0.420. The summed E-state index contributed by atoms with van der Waals surface area (Å²) >= 11 is 0. The van der Waals surface area contributed by atoms with Gasteiger partial charge in [-0.05, 0) is 38.5 Å². The van der Waals surface area contributed by atoms with Crippen LogP contribution in [0.4, 0.5) is 0 Å². The highest BCUT2D eigenvalue weighted by Gasteiger charge is 2.43. The van der Waals surface area contributed by atoms with E-state index in [9.17, 15) is 4.79 Å². The van der Waals surface area contributed by atoms with E-state index in [0.717, 1.165) is 38.5 Å². The van der Waals surface area contributed by atoms with Crippen molar-refractivity contribution in [2.24, 2.45) is 5.92 Å². The fraction of sp³-hybridized carbons (Fsp3) is 0.917. The Balaban J connectivity index is 2.73. The third-order valence-electron chi connectivity index (χ3n) is 3.61. The maximum absolute atomic E-state index is 12.2. The zero-order chi connectivity index (χ0) is 10.6. The Hall–Kier alpha value is -0.370. The minimum Gasteiger partial charge on any atom is -0.370 e. The molecule has 0 amide bonds. The monoisotopic (exact) mass is 198 g/mol. The molecule has 1 fully saturated rings. The van der Waals surface area contributed by atoms with Gasteiger partial charge in [0.05, 0.1) is 0 Å². The number of carbonyl (C=O) groups is 1. The summed E-state index contributed by atoms with van der Waals surface area (Å²) in [5.74, 6) is 0.551. The summed E-state index contributed by atoms with van der Waals surface area (Å²) in [5.41, 5.74) is -0.420. The molecule has 2 nitrogen and oxygen atoms in total. The van der Waals surface area contributed by atoms with Crippen molar-refractivity contribution in [2.75, 3.05) is 7.11 Å². The molecule has 0 heterocycles. The van der Waals surface area contributed by atoms with E-state index in [-0.39, 0.29) is 5.92 Å². The largest absolute Gasteiger partial charge is 0.370 e. The fourth-order valence-electron chi connectivity index (χ4n) is 2.53. The summed E-state index contributed by atoms with van der Waals surface area (Å²) in [5, 5.41) is 0. The van der Waals surface area contributed by atoms with Crippen LogP contribution in [-0.2, 0) is 9.53 Å². The first-order valence-corrected chi connectivity index (χ1v) is 5.79. The summed E-state index contributed by atoms with van der Waals surface area (Å²) < 4.78 is 5.50. The second-order valence-electron chi connectivity index (χ2n) is 4.28.